The van der Waals surface area contributed by atoms with Gasteiger partial charge < -0.3 is 11.1 Å². The van der Waals surface area contributed by atoms with Gasteiger partial charge in [0.15, 0.2) is 0 Å². The van der Waals surface area contributed by atoms with Crippen molar-refractivity contribution < 1.29 is 4.79 Å². The van der Waals surface area contributed by atoms with Gasteiger partial charge in [-0.05, 0) is 12.1 Å². The second kappa shape index (κ2) is 6.50. The zero-order chi connectivity index (χ0) is 13.8. The lowest BCUT2D eigenvalue weighted by atomic mass is 10.1. The number of nitrogen functional groups attached to an aromatic ring is 1. The molecule has 7 heteroatoms. The fourth-order valence-electron chi connectivity index (χ4n) is 1.55. The van der Waals surface area contributed by atoms with Crippen LogP contribution in [0.5, 0.6) is 0 Å². The van der Waals surface area contributed by atoms with E-state index in [0.717, 1.165) is 0 Å². The highest BCUT2D eigenvalue weighted by Gasteiger charge is 2.07. The Morgan fingerprint density at radius 2 is 2.10 bits per heavy atom. The number of amides is 1. The fraction of sp³-hybridized carbons (Fsp3) is 0.0769. The van der Waals surface area contributed by atoms with Crippen molar-refractivity contribution in [3.63, 3.8) is 0 Å². The lowest BCUT2D eigenvalue weighted by molar-refractivity contribution is -0.114. The largest absolute Gasteiger partial charge is 0.398 e. The van der Waals surface area contributed by atoms with E-state index in [4.69, 9.17) is 11.0 Å². The van der Waals surface area contributed by atoms with Crippen molar-refractivity contribution >= 4 is 29.8 Å². The van der Waals surface area contributed by atoms with Crippen molar-refractivity contribution in [2.75, 3.05) is 11.1 Å². The van der Waals surface area contributed by atoms with Crippen LogP contribution < -0.4 is 11.1 Å². The molecule has 0 atom stereocenters. The fourth-order valence-corrected chi connectivity index (χ4v) is 1.55. The van der Waals surface area contributed by atoms with Gasteiger partial charge in [0.1, 0.15) is 11.9 Å². The Morgan fingerprint density at radius 3 is 2.60 bits per heavy atom. The number of halogens is 1. The number of nitrogens with two attached hydrogens (primary N) is 1. The lowest BCUT2D eigenvalue weighted by Gasteiger charge is -2.07. The molecule has 0 aliphatic carbocycles. The van der Waals surface area contributed by atoms with Crippen molar-refractivity contribution in [3.05, 3.63) is 36.2 Å². The van der Waals surface area contributed by atoms with E-state index in [0.29, 0.717) is 28.3 Å². The van der Waals surface area contributed by atoms with Crippen molar-refractivity contribution in [3.8, 4) is 17.3 Å². The summed E-state index contributed by atoms with van der Waals surface area (Å²) in [5.41, 5.74) is 8.11. The molecular formula is C13H12ClN5O. The zero-order valence-corrected chi connectivity index (χ0v) is 11.4. The number of nitriles is 1. The smallest absolute Gasteiger partial charge is 0.222 e. The Balaban J connectivity index is 0.00000200. The lowest BCUT2D eigenvalue weighted by Crippen LogP contribution is -2.08. The summed E-state index contributed by atoms with van der Waals surface area (Å²) in [7, 11) is 0. The van der Waals surface area contributed by atoms with Crippen LogP contribution in [0.25, 0.3) is 11.3 Å². The van der Waals surface area contributed by atoms with Gasteiger partial charge in [-0.2, -0.15) is 5.26 Å². The molecule has 0 saturated heterocycles. The van der Waals surface area contributed by atoms with Crippen LogP contribution in [0, 0.1) is 11.3 Å². The number of nitrogens with one attached hydrogen (secondary N) is 1. The molecule has 3 N–H and O–H groups in total. The van der Waals surface area contributed by atoms with Gasteiger partial charge in [0.2, 0.25) is 5.91 Å². The molecule has 2 heterocycles. The highest BCUT2D eigenvalue weighted by atomic mass is 35.5. The Morgan fingerprint density at radius 1 is 1.35 bits per heavy atom. The van der Waals surface area contributed by atoms with Crippen molar-refractivity contribution in [1.29, 1.82) is 5.26 Å². The van der Waals surface area contributed by atoms with E-state index in [9.17, 15) is 4.79 Å². The molecule has 0 unspecified atom stereocenters. The topological polar surface area (TPSA) is 105 Å². The summed E-state index contributed by atoms with van der Waals surface area (Å²) in [5, 5.41) is 11.3. The standard InChI is InChI=1S/C13H11N5O.ClH/c1-8(19)18-13-4-11(15)10(7-17-13)12-3-2-9(5-14)6-16-12;/h2-4,6-7H,1H3,(H3,15,17,18,19);1H. The van der Waals surface area contributed by atoms with Gasteiger partial charge in [0, 0.05) is 36.6 Å². The van der Waals surface area contributed by atoms with Crippen LogP contribution in [0.4, 0.5) is 11.5 Å². The first-order valence-corrected chi connectivity index (χ1v) is 5.50. The summed E-state index contributed by atoms with van der Waals surface area (Å²) >= 11 is 0. The van der Waals surface area contributed by atoms with Crippen LogP contribution in [0.15, 0.2) is 30.6 Å². The minimum atomic E-state index is -0.212. The summed E-state index contributed by atoms with van der Waals surface area (Å²) in [6.07, 6.45) is 3.01. The molecular weight excluding hydrogens is 278 g/mol. The molecule has 1 amide bonds. The van der Waals surface area contributed by atoms with Gasteiger partial charge in [-0.3, -0.25) is 9.78 Å². The molecule has 0 aliphatic rings. The Kier molecular flexibility index (Phi) is 5.01. The van der Waals surface area contributed by atoms with Crippen molar-refractivity contribution in [2.24, 2.45) is 0 Å². The van der Waals surface area contributed by atoms with Crippen molar-refractivity contribution in [2.45, 2.75) is 6.92 Å². The highest BCUT2D eigenvalue weighted by molar-refractivity contribution is 5.89. The number of nitrogens with zero attached hydrogens (tertiary/aromatic N) is 3. The van der Waals surface area contributed by atoms with Gasteiger partial charge in [-0.25, -0.2) is 4.98 Å². The van der Waals surface area contributed by atoms with E-state index in [-0.39, 0.29) is 18.3 Å². The number of pyridine rings is 2. The molecule has 0 saturated carbocycles. The van der Waals surface area contributed by atoms with Gasteiger partial charge in [-0.1, -0.05) is 0 Å². The maximum atomic E-state index is 10.9. The Bertz CT molecular complexity index is 663. The third kappa shape index (κ3) is 3.43. The van der Waals surface area contributed by atoms with Gasteiger partial charge in [-0.15, -0.1) is 12.4 Å². The van der Waals surface area contributed by atoms with Gasteiger partial charge in [0.05, 0.1) is 11.3 Å². The minimum absolute atomic E-state index is 0. The number of anilines is 2. The van der Waals surface area contributed by atoms with Gasteiger partial charge in [0.25, 0.3) is 0 Å². The number of hydrogen-bond donors (Lipinski definition) is 2. The van der Waals surface area contributed by atoms with Gasteiger partial charge >= 0.3 is 0 Å². The van der Waals surface area contributed by atoms with E-state index < -0.39 is 0 Å². The van der Waals surface area contributed by atoms with Crippen LogP contribution in [-0.4, -0.2) is 15.9 Å². The van der Waals surface area contributed by atoms with Crippen LogP contribution >= 0.6 is 12.4 Å². The van der Waals surface area contributed by atoms with Crippen LogP contribution in [0.3, 0.4) is 0 Å². The SMILES string of the molecule is CC(=O)Nc1cc(N)c(-c2ccc(C#N)cn2)cn1.Cl. The van der Waals surface area contributed by atoms with E-state index in [1.807, 2.05) is 6.07 Å². The van der Waals surface area contributed by atoms with Crippen molar-refractivity contribution in [1.82, 2.24) is 9.97 Å². The average Bonchev–Trinajstić information content (AvgIpc) is 2.38. The molecule has 2 rings (SSSR count). The molecule has 0 bridgehead atoms. The summed E-state index contributed by atoms with van der Waals surface area (Å²) in [4.78, 5) is 19.1. The maximum Gasteiger partial charge on any atom is 0.222 e. The Hall–Kier alpha value is -2.65. The molecule has 2 aromatic heterocycles. The van der Waals surface area contributed by atoms with Crippen LogP contribution in [0.2, 0.25) is 0 Å². The molecule has 0 fully saturated rings. The maximum absolute atomic E-state index is 10.9. The zero-order valence-electron chi connectivity index (χ0n) is 10.6. The number of carbonyl (C=O) groups excluding carboxylic acids is 1. The molecule has 20 heavy (non-hydrogen) atoms. The highest BCUT2D eigenvalue weighted by Crippen LogP contribution is 2.25. The number of carbonyl (C=O) groups is 1. The predicted octanol–water partition coefficient (Wildman–Crippen LogP) is 1.98. The van der Waals surface area contributed by atoms with E-state index in [1.165, 1.54) is 19.3 Å². The molecule has 6 nitrogen and oxygen atoms in total. The summed E-state index contributed by atoms with van der Waals surface area (Å²) in [5.74, 6) is 0.179. The summed E-state index contributed by atoms with van der Waals surface area (Å²) < 4.78 is 0. The molecule has 0 aromatic carbocycles. The predicted molar refractivity (Wildman–Crippen MR) is 78.1 cm³/mol. The normalized spacial score (nSPS) is 9.20. The second-order valence-corrected chi connectivity index (χ2v) is 3.88. The first kappa shape index (κ1) is 15.4. The third-order valence-corrected chi connectivity index (χ3v) is 2.41. The van der Waals surface area contributed by atoms with E-state index >= 15 is 0 Å². The number of aromatic nitrogens is 2. The number of hydrogen-bond acceptors (Lipinski definition) is 5. The monoisotopic (exact) mass is 289 g/mol. The van der Waals surface area contributed by atoms with E-state index in [2.05, 4.69) is 15.3 Å². The summed E-state index contributed by atoms with van der Waals surface area (Å²) in [6.45, 7) is 1.40. The summed E-state index contributed by atoms with van der Waals surface area (Å²) in [6, 6.07) is 6.91. The first-order chi connectivity index (χ1) is 9.10. The molecule has 0 spiro atoms. The number of rotatable bonds is 2. The first-order valence-electron chi connectivity index (χ1n) is 5.50. The molecule has 0 radical (unpaired) electrons. The Labute approximate surface area is 122 Å². The molecule has 0 aliphatic heterocycles. The van der Waals surface area contributed by atoms with Crippen LogP contribution in [-0.2, 0) is 4.79 Å². The third-order valence-electron chi connectivity index (χ3n) is 2.41. The van der Waals surface area contributed by atoms with Crippen LogP contribution in [0.1, 0.15) is 12.5 Å². The molecule has 2 aromatic rings. The average molecular weight is 290 g/mol. The minimum Gasteiger partial charge on any atom is -0.398 e. The quantitative estimate of drug-likeness (QED) is 0.879. The second-order valence-electron chi connectivity index (χ2n) is 3.88. The van der Waals surface area contributed by atoms with E-state index in [1.54, 1.807) is 18.2 Å². The molecule has 102 valence electrons.